The van der Waals surface area contributed by atoms with E-state index in [9.17, 15) is 19.2 Å². The minimum Gasteiger partial charge on any atom is -0.461 e. The zero-order valence-electron chi connectivity index (χ0n) is 22.3. The zero-order chi connectivity index (χ0) is 26.8. The van der Waals surface area contributed by atoms with Crippen LogP contribution in [0.1, 0.15) is 104 Å². The Labute approximate surface area is 216 Å². The molecule has 0 aromatic heterocycles. The first-order valence-corrected chi connectivity index (χ1v) is 13.5. The van der Waals surface area contributed by atoms with E-state index in [2.05, 4.69) is 31.3 Å². The summed E-state index contributed by atoms with van der Waals surface area (Å²) in [6.45, 7) is 5.58. The fraction of sp³-hybridized carbons (Fsp3) is 0.714. The van der Waals surface area contributed by atoms with Crippen molar-refractivity contribution in [3.63, 3.8) is 0 Å². The Kier molecular flexibility index (Phi) is 16.2. The predicted octanol–water partition coefficient (Wildman–Crippen LogP) is 4.65. The number of nitrogens with two attached hydrogens (primary N) is 1. The van der Waals surface area contributed by atoms with Gasteiger partial charge < -0.3 is 20.5 Å². The maximum absolute atomic E-state index is 12.8. The number of allylic oxidation sites excluding steroid dienone is 3. The third-order valence-electron chi connectivity index (χ3n) is 6.21. The van der Waals surface area contributed by atoms with Crippen LogP contribution in [0.15, 0.2) is 24.3 Å². The summed E-state index contributed by atoms with van der Waals surface area (Å²) in [5.41, 5.74) is 5.24. The van der Waals surface area contributed by atoms with Crippen molar-refractivity contribution in [1.82, 2.24) is 5.32 Å². The van der Waals surface area contributed by atoms with E-state index in [0.717, 1.165) is 44.9 Å². The standard InChI is InChI=1S/C28H46N2O6/c1-4-6-8-10-11-12-13-14-15-17-22(35-28(34)24(20-26(29)32)30-21(3)31)19-25-23(27(33)36-25)18-16-9-7-5-2/h11-12,14-15,22-25H,4-10,13,16-20H2,1-3H3,(H2,29,32)(H,30,31). The maximum atomic E-state index is 12.8. The van der Waals surface area contributed by atoms with Crippen molar-refractivity contribution < 1.29 is 28.7 Å². The zero-order valence-corrected chi connectivity index (χ0v) is 22.3. The Hall–Kier alpha value is -2.64. The van der Waals surface area contributed by atoms with E-state index >= 15 is 0 Å². The number of nitrogens with one attached hydrogen (secondary N) is 1. The van der Waals surface area contributed by atoms with Gasteiger partial charge in [-0.05, 0) is 25.7 Å². The van der Waals surface area contributed by atoms with Crippen LogP contribution in [0.3, 0.4) is 0 Å². The number of unbranched alkanes of at least 4 members (excludes halogenated alkanes) is 6. The number of hydrogen-bond acceptors (Lipinski definition) is 6. The van der Waals surface area contributed by atoms with E-state index in [1.165, 1.54) is 26.2 Å². The van der Waals surface area contributed by atoms with Crippen LogP contribution in [-0.4, -0.2) is 42.0 Å². The van der Waals surface area contributed by atoms with Gasteiger partial charge >= 0.3 is 11.9 Å². The number of carbonyl (C=O) groups is 4. The number of hydrogen-bond donors (Lipinski definition) is 2. The molecule has 0 bridgehead atoms. The van der Waals surface area contributed by atoms with Gasteiger partial charge in [-0.25, -0.2) is 4.79 Å². The number of cyclic esters (lactones) is 1. The third kappa shape index (κ3) is 13.4. The highest BCUT2D eigenvalue weighted by molar-refractivity contribution is 5.88. The van der Waals surface area contributed by atoms with Crippen molar-refractivity contribution in [1.29, 1.82) is 0 Å². The lowest BCUT2D eigenvalue weighted by atomic mass is 9.87. The Bertz CT molecular complexity index is 732. The van der Waals surface area contributed by atoms with Crippen LogP contribution >= 0.6 is 0 Å². The smallest absolute Gasteiger partial charge is 0.329 e. The molecule has 1 aliphatic rings. The normalized spacial score (nSPS) is 19.0. The molecule has 8 heteroatoms. The highest BCUT2D eigenvalue weighted by atomic mass is 16.6. The van der Waals surface area contributed by atoms with Gasteiger partial charge in [0.25, 0.3) is 0 Å². The summed E-state index contributed by atoms with van der Waals surface area (Å²) in [6, 6.07) is -1.15. The summed E-state index contributed by atoms with van der Waals surface area (Å²) in [5, 5.41) is 2.43. The number of ether oxygens (including phenoxy) is 2. The molecule has 204 valence electrons. The van der Waals surface area contributed by atoms with Gasteiger partial charge in [0.05, 0.1) is 12.3 Å². The summed E-state index contributed by atoms with van der Waals surface area (Å²) in [7, 11) is 0. The molecule has 4 atom stereocenters. The van der Waals surface area contributed by atoms with Gasteiger partial charge in [0.1, 0.15) is 18.2 Å². The first kappa shape index (κ1) is 31.4. The fourth-order valence-electron chi connectivity index (χ4n) is 4.19. The number of esters is 2. The summed E-state index contributed by atoms with van der Waals surface area (Å²) in [6.07, 6.45) is 18.4. The van der Waals surface area contributed by atoms with Crippen molar-refractivity contribution >= 4 is 23.8 Å². The second kappa shape index (κ2) is 18.6. The van der Waals surface area contributed by atoms with Crippen LogP contribution < -0.4 is 11.1 Å². The van der Waals surface area contributed by atoms with E-state index in [0.29, 0.717) is 12.8 Å². The van der Waals surface area contributed by atoms with Crippen molar-refractivity contribution in [2.24, 2.45) is 11.7 Å². The fourth-order valence-corrected chi connectivity index (χ4v) is 4.19. The molecule has 1 rings (SSSR count). The Morgan fingerprint density at radius 2 is 1.72 bits per heavy atom. The lowest BCUT2D eigenvalue weighted by Gasteiger charge is -2.37. The second-order valence-corrected chi connectivity index (χ2v) is 9.56. The van der Waals surface area contributed by atoms with E-state index < -0.39 is 29.9 Å². The van der Waals surface area contributed by atoms with E-state index in [4.69, 9.17) is 15.2 Å². The third-order valence-corrected chi connectivity index (χ3v) is 6.21. The molecule has 4 unspecified atom stereocenters. The molecule has 36 heavy (non-hydrogen) atoms. The van der Waals surface area contributed by atoms with Gasteiger partial charge in [-0.2, -0.15) is 0 Å². The lowest BCUT2D eigenvalue weighted by Crippen LogP contribution is -2.48. The Morgan fingerprint density at radius 1 is 1.03 bits per heavy atom. The Balaban J connectivity index is 2.75. The van der Waals surface area contributed by atoms with Gasteiger partial charge in [0.2, 0.25) is 11.8 Å². The molecule has 0 aromatic rings. The molecule has 0 saturated carbocycles. The van der Waals surface area contributed by atoms with Crippen LogP contribution in [0.25, 0.3) is 0 Å². The summed E-state index contributed by atoms with van der Waals surface area (Å²) in [5.74, 6) is -2.28. The van der Waals surface area contributed by atoms with Gasteiger partial charge in [-0.1, -0.05) is 76.7 Å². The maximum Gasteiger partial charge on any atom is 0.329 e. The molecule has 3 N–H and O–H groups in total. The molecule has 1 saturated heterocycles. The number of primary amides is 1. The molecule has 2 amide bonds. The average Bonchev–Trinajstić information content (AvgIpc) is 2.81. The van der Waals surface area contributed by atoms with Gasteiger partial charge in [0, 0.05) is 19.8 Å². The van der Waals surface area contributed by atoms with Gasteiger partial charge in [0.15, 0.2) is 0 Å². The van der Waals surface area contributed by atoms with Gasteiger partial charge in [-0.3, -0.25) is 14.4 Å². The summed E-state index contributed by atoms with van der Waals surface area (Å²) < 4.78 is 11.1. The number of amides is 2. The van der Waals surface area contributed by atoms with Crippen molar-refractivity contribution in [2.75, 3.05) is 0 Å². The highest BCUT2D eigenvalue weighted by Crippen LogP contribution is 2.32. The molecule has 1 heterocycles. The van der Waals surface area contributed by atoms with Crippen LogP contribution in [-0.2, 0) is 28.7 Å². The average molecular weight is 507 g/mol. The molecule has 1 fully saturated rings. The van der Waals surface area contributed by atoms with Crippen LogP contribution in [0, 0.1) is 5.92 Å². The molecule has 1 aliphatic heterocycles. The first-order chi connectivity index (χ1) is 17.3. The molecule has 0 spiro atoms. The lowest BCUT2D eigenvalue weighted by molar-refractivity contribution is -0.190. The predicted molar refractivity (Wildman–Crippen MR) is 140 cm³/mol. The second-order valence-electron chi connectivity index (χ2n) is 9.56. The van der Waals surface area contributed by atoms with E-state index in [-0.39, 0.29) is 24.4 Å². The highest BCUT2D eigenvalue weighted by Gasteiger charge is 2.43. The van der Waals surface area contributed by atoms with Crippen LogP contribution in [0.4, 0.5) is 0 Å². The number of rotatable bonds is 20. The molecule has 0 aliphatic carbocycles. The largest absolute Gasteiger partial charge is 0.461 e. The molecule has 0 aromatic carbocycles. The van der Waals surface area contributed by atoms with E-state index in [1.807, 2.05) is 12.2 Å². The number of carbonyl (C=O) groups excluding carboxylic acids is 4. The molecular formula is C28H46N2O6. The van der Waals surface area contributed by atoms with E-state index in [1.54, 1.807) is 0 Å². The summed E-state index contributed by atoms with van der Waals surface area (Å²) >= 11 is 0. The summed E-state index contributed by atoms with van der Waals surface area (Å²) in [4.78, 5) is 47.7. The minimum absolute atomic E-state index is 0.185. The quantitative estimate of drug-likeness (QED) is 0.141. The first-order valence-electron chi connectivity index (χ1n) is 13.5. The van der Waals surface area contributed by atoms with Crippen molar-refractivity contribution in [2.45, 2.75) is 122 Å². The van der Waals surface area contributed by atoms with Crippen molar-refractivity contribution in [3.05, 3.63) is 24.3 Å². The molecule has 8 nitrogen and oxygen atoms in total. The Morgan fingerprint density at radius 3 is 2.36 bits per heavy atom. The minimum atomic E-state index is -1.15. The van der Waals surface area contributed by atoms with Crippen molar-refractivity contribution in [3.8, 4) is 0 Å². The van der Waals surface area contributed by atoms with Crippen LogP contribution in [0.2, 0.25) is 0 Å². The monoisotopic (exact) mass is 506 g/mol. The molecule has 0 radical (unpaired) electrons. The van der Waals surface area contributed by atoms with Crippen LogP contribution in [0.5, 0.6) is 0 Å². The topological polar surface area (TPSA) is 125 Å². The molecular weight excluding hydrogens is 460 g/mol. The SMILES string of the molecule is CCCCCC=CCC=CCC(CC1OC(=O)C1CCCCCC)OC(=O)C(CC(N)=O)NC(C)=O. The van der Waals surface area contributed by atoms with Gasteiger partial charge in [-0.15, -0.1) is 0 Å².